The Kier molecular flexibility index (Phi) is 11.6. The molecule has 0 saturated carbocycles. The Morgan fingerprint density at radius 1 is 0.654 bits per heavy atom. The molecular weight excluding hydrogens is 429 g/mol. The zero-order valence-electron chi connectivity index (χ0n) is 13.8. The summed E-state index contributed by atoms with van der Waals surface area (Å²) in [6.45, 7) is 10.2. The van der Waals surface area contributed by atoms with E-state index in [2.05, 4.69) is 33.3 Å². The third kappa shape index (κ3) is 8.90. The van der Waals surface area contributed by atoms with Crippen LogP contribution in [-0.2, 0) is 32.5 Å². The van der Waals surface area contributed by atoms with E-state index in [9.17, 15) is 18.9 Å². The molecule has 146 valence electrons. The molecule has 0 aliphatic carbocycles. The molecule has 0 bridgehead atoms. The summed E-state index contributed by atoms with van der Waals surface area (Å²) in [7, 11) is -4.98. The molecule has 0 atom stereocenters. The van der Waals surface area contributed by atoms with Crippen molar-refractivity contribution in [2.24, 2.45) is 0 Å². The maximum atomic E-state index is 12.6. The third-order valence-corrected chi connectivity index (χ3v) is 4.37. The maximum Gasteiger partial charge on any atom is 0.654 e. The lowest BCUT2D eigenvalue weighted by atomic mass is 10.2. The van der Waals surface area contributed by atoms with E-state index in [1.807, 2.05) is 0 Å². The van der Waals surface area contributed by atoms with E-state index in [0.29, 0.717) is 0 Å². The fraction of sp³-hybridized carbons (Fsp3) is 0.400. The normalized spacial score (nSPS) is 10.6. The first-order valence-electron chi connectivity index (χ1n) is 7.13. The van der Waals surface area contributed by atoms with Gasteiger partial charge in [0.2, 0.25) is 0 Å². The molecule has 0 heterocycles. The number of hydrogen-bond acceptors (Lipinski definition) is 7. The number of carbonyl (C=O) groups is 3. The van der Waals surface area contributed by atoms with Crippen LogP contribution in [0.1, 0.15) is 19.3 Å². The van der Waals surface area contributed by atoms with Gasteiger partial charge in [-0.05, 0) is 19.3 Å². The summed E-state index contributed by atoms with van der Waals surface area (Å²) in [6.07, 6.45) is 0.0422. The summed E-state index contributed by atoms with van der Waals surface area (Å²) in [5, 5.41) is 0. The Balaban J connectivity index is 5.40. The van der Waals surface area contributed by atoms with Crippen molar-refractivity contribution in [2.75, 3.05) is 17.6 Å². The largest absolute Gasteiger partial charge is 0.654 e. The standard InChI is InChI=1S/C15H18Cl3O7P/c1-10(4-7-16)13(19)23-26(22,24-14(20)11(2)5-8-17)25-15(21)12(3)6-9-18/h1-9H2. The van der Waals surface area contributed by atoms with Gasteiger partial charge in [0.1, 0.15) is 0 Å². The first-order chi connectivity index (χ1) is 12.1. The molecule has 7 nitrogen and oxygen atoms in total. The Bertz CT molecular complexity index is 560. The van der Waals surface area contributed by atoms with Gasteiger partial charge in [-0.15, -0.1) is 34.8 Å². The molecule has 0 N–H and O–H groups in total. The number of phosphoric ester groups is 1. The first kappa shape index (κ1) is 24.7. The van der Waals surface area contributed by atoms with Gasteiger partial charge in [0, 0.05) is 34.4 Å². The fourth-order valence-electron chi connectivity index (χ4n) is 1.20. The number of alkyl halides is 3. The summed E-state index contributed by atoms with van der Waals surface area (Å²) < 4.78 is 26.3. The van der Waals surface area contributed by atoms with Gasteiger partial charge < -0.3 is 13.6 Å². The van der Waals surface area contributed by atoms with Crippen LogP contribution in [0.3, 0.4) is 0 Å². The van der Waals surface area contributed by atoms with E-state index >= 15 is 0 Å². The van der Waals surface area contributed by atoms with E-state index in [0.717, 1.165) is 0 Å². The van der Waals surface area contributed by atoms with Crippen molar-refractivity contribution < 1.29 is 32.5 Å². The van der Waals surface area contributed by atoms with Gasteiger partial charge in [-0.25, -0.2) is 14.4 Å². The fourth-order valence-corrected chi connectivity index (χ4v) is 3.00. The van der Waals surface area contributed by atoms with E-state index < -0.39 is 25.7 Å². The van der Waals surface area contributed by atoms with E-state index in [-0.39, 0.29) is 53.6 Å². The molecule has 0 aromatic rings. The SMILES string of the molecule is C=C(CCCl)C(=O)OP(=O)(OC(=O)C(=C)CCCl)OC(=O)C(=C)CCCl. The molecule has 0 amide bonds. The minimum atomic E-state index is -4.98. The Labute approximate surface area is 166 Å². The second kappa shape index (κ2) is 12.2. The van der Waals surface area contributed by atoms with Crippen LogP contribution in [0.5, 0.6) is 0 Å². The first-order valence-corrected chi connectivity index (χ1v) is 10.2. The van der Waals surface area contributed by atoms with Crippen LogP contribution in [0.15, 0.2) is 36.5 Å². The minimum absolute atomic E-state index is 0.0141. The molecule has 0 aliphatic rings. The van der Waals surface area contributed by atoms with E-state index in [1.165, 1.54) is 0 Å². The van der Waals surface area contributed by atoms with Gasteiger partial charge in [-0.2, -0.15) is 4.57 Å². The van der Waals surface area contributed by atoms with Gasteiger partial charge >= 0.3 is 25.7 Å². The molecule has 26 heavy (non-hydrogen) atoms. The van der Waals surface area contributed by atoms with Crippen LogP contribution >= 0.6 is 42.6 Å². The van der Waals surface area contributed by atoms with Gasteiger partial charge in [-0.1, -0.05) is 19.7 Å². The molecule has 0 fully saturated rings. The smallest absolute Gasteiger partial charge is 0.348 e. The summed E-state index contributed by atoms with van der Waals surface area (Å²) >= 11 is 16.4. The number of rotatable bonds is 12. The lowest BCUT2D eigenvalue weighted by Crippen LogP contribution is -2.17. The topological polar surface area (TPSA) is 96.0 Å². The van der Waals surface area contributed by atoms with Crippen LogP contribution in [0.25, 0.3) is 0 Å². The highest BCUT2D eigenvalue weighted by Crippen LogP contribution is 2.51. The second-order valence-electron chi connectivity index (χ2n) is 4.71. The van der Waals surface area contributed by atoms with Crippen molar-refractivity contribution in [1.29, 1.82) is 0 Å². The Hall–Kier alpha value is -1.27. The minimum Gasteiger partial charge on any atom is -0.348 e. The number of hydrogen-bond donors (Lipinski definition) is 0. The number of carbonyl (C=O) groups excluding carboxylic acids is 3. The molecule has 0 aliphatic heterocycles. The average Bonchev–Trinajstić information content (AvgIpc) is 2.54. The highest BCUT2D eigenvalue weighted by atomic mass is 35.5. The predicted molar refractivity (Wildman–Crippen MR) is 99.3 cm³/mol. The van der Waals surface area contributed by atoms with E-state index in [4.69, 9.17) is 34.8 Å². The van der Waals surface area contributed by atoms with Gasteiger partial charge in [-0.3, -0.25) is 0 Å². The van der Waals surface area contributed by atoms with Gasteiger partial charge in [0.05, 0.1) is 0 Å². The molecular formula is C15H18Cl3O7P. The lowest BCUT2D eigenvalue weighted by Gasteiger charge is -2.17. The molecule has 11 heteroatoms. The second-order valence-corrected chi connectivity index (χ2v) is 7.29. The van der Waals surface area contributed by atoms with Crippen LogP contribution in [-0.4, -0.2) is 35.5 Å². The van der Waals surface area contributed by atoms with Crippen molar-refractivity contribution >= 4 is 60.5 Å². The van der Waals surface area contributed by atoms with Crippen LogP contribution in [0.2, 0.25) is 0 Å². The molecule has 0 aromatic heterocycles. The molecule has 0 radical (unpaired) electrons. The van der Waals surface area contributed by atoms with Gasteiger partial charge in [0.25, 0.3) is 0 Å². The van der Waals surface area contributed by atoms with Gasteiger partial charge in [0.15, 0.2) is 0 Å². The third-order valence-electron chi connectivity index (χ3n) is 2.64. The molecule has 0 spiro atoms. The highest BCUT2D eigenvalue weighted by molar-refractivity contribution is 7.50. The van der Waals surface area contributed by atoms with Crippen molar-refractivity contribution in [3.63, 3.8) is 0 Å². The molecule has 0 aromatic carbocycles. The highest BCUT2D eigenvalue weighted by Gasteiger charge is 2.40. The van der Waals surface area contributed by atoms with Crippen LogP contribution in [0.4, 0.5) is 0 Å². The lowest BCUT2D eigenvalue weighted by molar-refractivity contribution is -0.140. The monoisotopic (exact) mass is 446 g/mol. The number of phosphoric acid groups is 1. The summed E-state index contributed by atoms with van der Waals surface area (Å²) in [5.41, 5.74) is -0.482. The van der Waals surface area contributed by atoms with Crippen molar-refractivity contribution in [3.8, 4) is 0 Å². The number of halogens is 3. The quantitative estimate of drug-likeness (QED) is 0.250. The predicted octanol–water partition coefficient (Wildman–Crippen LogP) is 4.28. The van der Waals surface area contributed by atoms with E-state index in [1.54, 1.807) is 0 Å². The Morgan fingerprint density at radius 3 is 1.08 bits per heavy atom. The molecule has 0 rings (SSSR count). The zero-order valence-corrected chi connectivity index (χ0v) is 17.0. The summed E-state index contributed by atoms with van der Waals surface area (Å²) in [6, 6.07) is 0. The molecule has 0 unspecified atom stereocenters. The van der Waals surface area contributed by atoms with Crippen LogP contribution in [0, 0.1) is 0 Å². The molecule has 0 saturated heterocycles. The maximum absolute atomic E-state index is 12.6. The zero-order chi connectivity index (χ0) is 20.3. The van der Waals surface area contributed by atoms with Crippen molar-refractivity contribution in [3.05, 3.63) is 36.5 Å². The Morgan fingerprint density at radius 2 is 0.885 bits per heavy atom. The average molecular weight is 448 g/mol. The summed E-state index contributed by atoms with van der Waals surface area (Å²) in [4.78, 5) is 35.6. The summed E-state index contributed by atoms with van der Waals surface area (Å²) in [5.74, 6) is -3.51. The van der Waals surface area contributed by atoms with Crippen molar-refractivity contribution in [2.45, 2.75) is 19.3 Å². The van der Waals surface area contributed by atoms with Crippen molar-refractivity contribution in [1.82, 2.24) is 0 Å². The van der Waals surface area contributed by atoms with Crippen LogP contribution < -0.4 is 0 Å².